The van der Waals surface area contributed by atoms with Crippen LogP contribution in [0.5, 0.6) is 5.75 Å². The molecule has 10 heteroatoms. The molecule has 1 aromatic carbocycles. The molecule has 5 rings (SSSR count). The van der Waals surface area contributed by atoms with E-state index in [1.54, 1.807) is 25.8 Å². The number of nitrogens with one attached hydrogen (secondary N) is 2. The van der Waals surface area contributed by atoms with Crippen LogP contribution in [0, 0.1) is 0 Å². The first-order valence-corrected chi connectivity index (χ1v) is 12.3. The van der Waals surface area contributed by atoms with Crippen molar-refractivity contribution in [1.29, 1.82) is 0 Å². The number of hydrogen-bond donors (Lipinski definition) is 2. The minimum atomic E-state index is 0.148. The minimum Gasteiger partial charge on any atom is -0.488 e. The summed E-state index contributed by atoms with van der Waals surface area (Å²) in [6.07, 6.45) is 9.13. The molecule has 35 heavy (non-hydrogen) atoms. The predicted octanol–water partition coefficient (Wildman–Crippen LogP) is 3.12. The molecule has 2 N–H and O–H groups in total. The van der Waals surface area contributed by atoms with Gasteiger partial charge in [0.15, 0.2) is 0 Å². The molecule has 3 aromatic rings. The quantitative estimate of drug-likeness (QED) is 0.445. The fourth-order valence-electron chi connectivity index (χ4n) is 4.65. The van der Waals surface area contributed by atoms with Crippen molar-refractivity contribution >= 4 is 28.4 Å². The Kier molecular flexibility index (Phi) is 7.69. The maximum atomic E-state index is 6.54. The number of nitrogens with zero attached hydrogens (tertiary/aromatic N) is 5. The van der Waals surface area contributed by atoms with Gasteiger partial charge in [0, 0.05) is 63.0 Å². The van der Waals surface area contributed by atoms with Gasteiger partial charge in [-0.15, -0.1) is 0 Å². The number of methoxy groups -OCH3 is 1. The van der Waals surface area contributed by atoms with Gasteiger partial charge < -0.3 is 29.7 Å². The number of hydrogen-bond acceptors (Lipinski definition) is 10. The van der Waals surface area contributed by atoms with Crippen LogP contribution < -0.4 is 20.3 Å². The zero-order valence-corrected chi connectivity index (χ0v) is 20.2. The number of aromatic nitrogens is 4. The number of ether oxygens (including phenoxy) is 3. The first kappa shape index (κ1) is 23.5. The summed E-state index contributed by atoms with van der Waals surface area (Å²) in [6.45, 7) is 4.56. The van der Waals surface area contributed by atoms with Gasteiger partial charge in [0.1, 0.15) is 29.2 Å². The van der Waals surface area contributed by atoms with E-state index < -0.39 is 0 Å². The maximum absolute atomic E-state index is 6.54. The molecule has 2 aromatic heterocycles. The van der Waals surface area contributed by atoms with Gasteiger partial charge in [-0.3, -0.25) is 4.98 Å². The van der Waals surface area contributed by atoms with Crippen LogP contribution in [0.2, 0.25) is 0 Å². The smallest absolute Gasteiger partial charge is 0.149 e. The molecule has 0 amide bonds. The molecular formula is C25H33N7O3. The third kappa shape index (κ3) is 6.07. The van der Waals surface area contributed by atoms with Crippen molar-refractivity contribution in [1.82, 2.24) is 19.9 Å². The van der Waals surface area contributed by atoms with Crippen molar-refractivity contribution in [3.8, 4) is 5.75 Å². The monoisotopic (exact) mass is 479 g/mol. The zero-order chi connectivity index (χ0) is 23.9. The number of anilines is 3. The Morgan fingerprint density at radius 1 is 0.971 bits per heavy atom. The van der Waals surface area contributed by atoms with Crippen LogP contribution in [0.4, 0.5) is 17.3 Å². The van der Waals surface area contributed by atoms with Crippen molar-refractivity contribution < 1.29 is 14.2 Å². The van der Waals surface area contributed by atoms with E-state index in [4.69, 9.17) is 14.2 Å². The van der Waals surface area contributed by atoms with E-state index in [9.17, 15) is 0 Å². The van der Waals surface area contributed by atoms with Gasteiger partial charge >= 0.3 is 0 Å². The van der Waals surface area contributed by atoms with Gasteiger partial charge in [-0.05, 0) is 31.7 Å². The van der Waals surface area contributed by atoms with Crippen LogP contribution in [0.25, 0.3) is 11.0 Å². The van der Waals surface area contributed by atoms with Crippen molar-refractivity contribution in [3.05, 3.63) is 36.9 Å². The highest BCUT2D eigenvalue weighted by Crippen LogP contribution is 2.33. The zero-order valence-electron chi connectivity index (χ0n) is 20.2. The fourth-order valence-corrected chi connectivity index (χ4v) is 4.65. The second-order valence-corrected chi connectivity index (χ2v) is 8.91. The molecule has 10 nitrogen and oxygen atoms in total. The van der Waals surface area contributed by atoms with Crippen molar-refractivity contribution in [2.45, 2.75) is 37.8 Å². The third-order valence-corrected chi connectivity index (χ3v) is 6.50. The van der Waals surface area contributed by atoms with E-state index in [1.165, 1.54) is 0 Å². The number of morpholine rings is 1. The Hall–Kier alpha value is -3.24. The molecular weight excluding hydrogens is 446 g/mol. The van der Waals surface area contributed by atoms with Crippen molar-refractivity contribution in [2.75, 3.05) is 62.1 Å². The third-order valence-electron chi connectivity index (χ3n) is 6.50. The summed E-state index contributed by atoms with van der Waals surface area (Å²) in [6, 6.07) is 6.51. The second kappa shape index (κ2) is 11.5. The lowest BCUT2D eigenvalue weighted by Crippen LogP contribution is -2.36. The van der Waals surface area contributed by atoms with Gasteiger partial charge in [-0.1, -0.05) is 0 Å². The molecule has 1 aliphatic heterocycles. The SMILES string of the molecule is COCCNc1cc(N[C@H]2CC[C@@H](Oc3cc(N4CCOCC4)cc4nccnc34)CC2)ncn1. The number of fused-ring (bicyclic) bond motifs is 1. The number of benzene rings is 1. The molecule has 0 atom stereocenters. The summed E-state index contributed by atoms with van der Waals surface area (Å²) < 4.78 is 17.1. The Balaban J connectivity index is 1.20. The first-order chi connectivity index (χ1) is 17.3. The summed E-state index contributed by atoms with van der Waals surface area (Å²) in [7, 11) is 1.69. The Labute approximate surface area is 205 Å². The van der Waals surface area contributed by atoms with Crippen LogP contribution in [-0.2, 0) is 9.47 Å². The molecule has 186 valence electrons. The van der Waals surface area contributed by atoms with Crippen LogP contribution in [-0.4, -0.2) is 78.6 Å². The molecule has 3 heterocycles. The van der Waals surface area contributed by atoms with Crippen molar-refractivity contribution in [3.63, 3.8) is 0 Å². The average Bonchev–Trinajstić information content (AvgIpc) is 2.91. The first-order valence-electron chi connectivity index (χ1n) is 12.3. The molecule has 1 saturated heterocycles. The van der Waals surface area contributed by atoms with Gasteiger partial charge in [0.25, 0.3) is 0 Å². The summed E-state index contributed by atoms with van der Waals surface area (Å²) in [5, 5.41) is 6.80. The molecule has 1 saturated carbocycles. The van der Waals surface area contributed by atoms with Gasteiger partial charge in [-0.2, -0.15) is 0 Å². The largest absolute Gasteiger partial charge is 0.488 e. The van der Waals surface area contributed by atoms with Crippen LogP contribution >= 0.6 is 0 Å². The number of rotatable bonds is 9. The van der Waals surface area contributed by atoms with E-state index in [0.29, 0.717) is 19.2 Å². The predicted molar refractivity (Wildman–Crippen MR) is 135 cm³/mol. The van der Waals surface area contributed by atoms with E-state index in [-0.39, 0.29) is 6.10 Å². The Morgan fingerprint density at radius 3 is 2.60 bits per heavy atom. The highest BCUT2D eigenvalue weighted by Gasteiger charge is 2.24. The molecule has 0 bridgehead atoms. The lowest BCUT2D eigenvalue weighted by Gasteiger charge is -2.31. The Morgan fingerprint density at radius 2 is 1.77 bits per heavy atom. The summed E-state index contributed by atoms with van der Waals surface area (Å²) in [5.41, 5.74) is 2.80. The van der Waals surface area contributed by atoms with Crippen molar-refractivity contribution in [2.24, 2.45) is 0 Å². The molecule has 1 aliphatic carbocycles. The highest BCUT2D eigenvalue weighted by atomic mass is 16.5. The topological polar surface area (TPSA) is 107 Å². The second-order valence-electron chi connectivity index (χ2n) is 8.91. The summed E-state index contributed by atoms with van der Waals surface area (Å²) in [5.74, 6) is 2.45. The lowest BCUT2D eigenvalue weighted by molar-refractivity contribution is 0.122. The normalized spacial score (nSPS) is 20.5. The van der Waals surface area contributed by atoms with E-state index in [2.05, 4.69) is 47.6 Å². The molecule has 2 aliphatic rings. The van der Waals surface area contributed by atoms with E-state index in [1.807, 2.05) is 6.07 Å². The summed E-state index contributed by atoms with van der Waals surface area (Å²) >= 11 is 0. The maximum Gasteiger partial charge on any atom is 0.149 e. The fraction of sp³-hybridized carbons (Fsp3) is 0.520. The standard InChI is InChI=1S/C25H33N7O3/c1-33-11-8-27-23-16-24(30-17-29-23)31-18-2-4-20(5-3-18)35-22-15-19(32-9-12-34-13-10-32)14-21-25(22)28-7-6-26-21/h6-7,14-18,20H,2-5,8-13H2,1H3,(H2,27,29,30,31)/t18-,20+. The molecule has 2 fully saturated rings. The van der Waals surface area contributed by atoms with Crippen LogP contribution in [0.15, 0.2) is 36.9 Å². The average molecular weight is 480 g/mol. The van der Waals surface area contributed by atoms with Gasteiger partial charge in [0.05, 0.1) is 31.4 Å². The van der Waals surface area contributed by atoms with Gasteiger partial charge in [0.2, 0.25) is 0 Å². The molecule has 0 radical (unpaired) electrons. The molecule has 0 unspecified atom stereocenters. The van der Waals surface area contributed by atoms with E-state index >= 15 is 0 Å². The lowest BCUT2D eigenvalue weighted by atomic mass is 9.93. The molecule has 0 spiro atoms. The van der Waals surface area contributed by atoms with E-state index in [0.717, 1.165) is 86.1 Å². The van der Waals surface area contributed by atoms with Gasteiger partial charge in [-0.25, -0.2) is 15.0 Å². The van der Waals surface area contributed by atoms with Crippen LogP contribution in [0.3, 0.4) is 0 Å². The van der Waals surface area contributed by atoms with Crippen LogP contribution in [0.1, 0.15) is 25.7 Å². The minimum absolute atomic E-state index is 0.148. The summed E-state index contributed by atoms with van der Waals surface area (Å²) in [4.78, 5) is 20.1. The Bertz CT molecular complexity index is 1100. The highest BCUT2D eigenvalue weighted by molar-refractivity contribution is 5.85.